The summed E-state index contributed by atoms with van der Waals surface area (Å²) in [6.45, 7) is 13.2. The number of carbonyl (C=O) groups is 1. The molecule has 3 unspecified atom stereocenters. The van der Waals surface area contributed by atoms with Gasteiger partial charge in [0.25, 0.3) is 0 Å². The average Bonchev–Trinajstić information content (AvgIpc) is 2.37. The van der Waals surface area contributed by atoms with Crippen molar-refractivity contribution >= 4 is 5.91 Å². The summed E-state index contributed by atoms with van der Waals surface area (Å²) in [7, 11) is 0. The third kappa shape index (κ3) is 4.79. The molecule has 3 nitrogen and oxygen atoms in total. The van der Waals surface area contributed by atoms with Crippen LogP contribution in [0.3, 0.4) is 0 Å². The summed E-state index contributed by atoms with van der Waals surface area (Å²) in [6.07, 6.45) is 3.86. The van der Waals surface area contributed by atoms with E-state index in [1.807, 2.05) is 18.7 Å². The minimum atomic E-state index is 0.241. The molecule has 0 aromatic heterocycles. The second-order valence-corrected chi connectivity index (χ2v) is 6.38. The van der Waals surface area contributed by atoms with Gasteiger partial charge in [0.15, 0.2) is 0 Å². The van der Waals surface area contributed by atoms with Crippen molar-refractivity contribution < 1.29 is 4.79 Å². The number of nitrogens with zero attached hydrogens (tertiary/aromatic N) is 1. The summed E-state index contributed by atoms with van der Waals surface area (Å²) in [4.78, 5) is 14.0. The summed E-state index contributed by atoms with van der Waals surface area (Å²) in [6, 6.07) is 0.517. The Balaban J connectivity index is 2.50. The number of hydrogen-bond donors (Lipinski definition) is 1. The van der Waals surface area contributed by atoms with E-state index < -0.39 is 0 Å². The van der Waals surface area contributed by atoms with E-state index >= 15 is 0 Å². The lowest BCUT2D eigenvalue weighted by Gasteiger charge is -2.38. The van der Waals surface area contributed by atoms with Crippen LogP contribution in [-0.2, 0) is 4.79 Å². The molecule has 3 atom stereocenters. The normalized spacial score (nSPS) is 27.6. The second kappa shape index (κ2) is 7.88. The molecule has 0 aromatic rings. The van der Waals surface area contributed by atoms with E-state index in [2.05, 4.69) is 26.1 Å². The molecule has 3 heteroatoms. The highest BCUT2D eigenvalue weighted by Crippen LogP contribution is 2.33. The van der Waals surface area contributed by atoms with Crippen LogP contribution in [0.5, 0.6) is 0 Å². The summed E-state index contributed by atoms with van der Waals surface area (Å²) >= 11 is 0. The first kappa shape index (κ1) is 16.5. The number of hydrogen-bond acceptors (Lipinski definition) is 2. The maximum Gasteiger partial charge on any atom is 0.236 e. The molecule has 0 bridgehead atoms. The van der Waals surface area contributed by atoms with E-state index in [9.17, 15) is 4.79 Å². The van der Waals surface area contributed by atoms with E-state index in [1.54, 1.807) is 0 Å². The van der Waals surface area contributed by atoms with Crippen LogP contribution in [0.2, 0.25) is 0 Å². The van der Waals surface area contributed by atoms with Gasteiger partial charge >= 0.3 is 0 Å². The van der Waals surface area contributed by atoms with Crippen molar-refractivity contribution in [1.29, 1.82) is 0 Å². The van der Waals surface area contributed by atoms with Crippen LogP contribution in [0.4, 0.5) is 0 Å². The maximum absolute atomic E-state index is 12.1. The lowest BCUT2D eigenvalue weighted by molar-refractivity contribution is -0.130. The highest BCUT2D eigenvalue weighted by Gasteiger charge is 2.30. The van der Waals surface area contributed by atoms with Crippen molar-refractivity contribution in [3.63, 3.8) is 0 Å². The first-order chi connectivity index (χ1) is 8.99. The zero-order chi connectivity index (χ0) is 14.4. The van der Waals surface area contributed by atoms with Gasteiger partial charge in [-0.1, -0.05) is 27.2 Å². The summed E-state index contributed by atoms with van der Waals surface area (Å²) in [5.41, 5.74) is 0. The Kier molecular flexibility index (Phi) is 6.84. The SMILES string of the molecule is CCN(CC)C(=O)CNC1CC(C)CCC1C(C)C. The van der Waals surface area contributed by atoms with Gasteiger partial charge in [0.1, 0.15) is 0 Å². The van der Waals surface area contributed by atoms with Gasteiger partial charge in [0.2, 0.25) is 5.91 Å². The fourth-order valence-corrected chi connectivity index (χ4v) is 3.34. The minimum Gasteiger partial charge on any atom is -0.342 e. The Bertz CT molecular complexity index is 274. The molecule has 0 aromatic carbocycles. The van der Waals surface area contributed by atoms with Crippen molar-refractivity contribution in [2.75, 3.05) is 19.6 Å². The number of nitrogens with one attached hydrogen (secondary N) is 1. The minimum absolute atomic E-state index is 0.241. The first-order valence-corrected chi connectivity index (χ1v) is 8.00. The van der Waals surface area contributed by atoms with E-state index in [-0.39, 0.29) is 5.91 Å². The molecule has 0 aliphatic heterocycles. The molecular formula is C16H32N2O. The van der Waals surface area contributed by atoms with Crippen molar-refractivity contribution in [1.82, 2.24) is 10.2 Å². The van der Waals surface area contributed by atoms with Gasteiger partial charge in [-0.3, -0.25) is 4.79 Å². The molecule has 0 spiro atoms. The zero-order valence-corrected chi connectivity index (χ0v) is 13.4. The molecule has 1 aliphatic carbocycles. The number of carbonyl (C=O) groups excluding carboxylic acids is 1. The largest absolute Gasteiger partial charge is 0.342 e. The second-order valence-electron chi connectivity index (χ2n) is 6.38. The topological polar surface area (TPSA) is 32.3 Å². The fourth-order valence-electron chi connectivity index (χ4n) is 3.34. The highest BCUT2D eigenvalue weighted by atomic mass is 16.2. The van der Waals surface area contributed by atoms with Crippen LogP contribution in [0, 0.1) is 17.8 Å². The maximum atomic E-state index is 12.1. The molecule has 1 rings (SSSR count). The van der Waals surface area contributed by atoms with Gasteiger partial charge in [-0.2, -0.15) is 0 Å². The van der Waals surface area contributed by atoms with E-state index in [0.29, 0.717) is 18.5 Å². The molecule has 0 saturated heterocycles. The smallest absolute Gasteiger partial charge is 0.236 e. The average molecular weight is 268 g/mol. The van der Waals surface area contributed by atoms with Crippen LogP contribution in [0.1, 0.15) is 53.9 Å². The van der Waals surface area contributed by atoms with Gasteiger partial charge in [-0.05, 0) is 44.4 Å². The quantitative estimate of drug-likeness (QED) is 0.803. The van der Waals surface area contributed by atoms with Gasteiger partial charge in [-0.15, -0.1) is 0 Å². The lowest BCUT2D eigenvalue weighted by atomic mass is 9.74. The van der Waals surface area contributed by atoms with Crippen molar-refractivity contribution in [3.05, 3.63) is 0 Å². The van der Waals surface area contributed by atoms with Crippen LogP contribution >= 0.6 is 0 Å². The van der Waals surface area contributed by atoms with Crippen LogP contribution in [0.25, 0.3) is 0 Å². The standard InChI is InChI=1S/C16H32N2O/c1-6-18(7-2)16(19)11-17-15-10-13(5)8-9-14(15)12(3)4/h12-15,17H,6-11H2,1-5H3. The molecular weight excluding hydrogens is 236 g/mol. The Morgan fingerprint density at radius 2 is 1.89 bits per heavy atom. The summed E-state index contributed by atoms with van der Waals surface area (Å²) < 4.78 is 0. The monoisotopic (exact) mass is 268 g/mol. The van der Waals surface area contributed by atoms with Crippen molar-refractivity contribution in [2.24, 2.45) is 17.8 Å². The lowest BCUT2D eigenvalue weighted by Crippen LogP contribution is -2.47. The van der Waals surface area contributed by atoms with Crippen LogP contribution in [0.15, 0.2) is 0 Å². The molecule has 1 aliphatic rings. The Morgan fingerprint density at radius 3 is 2.42 bits per heavy atom. The Morgan fingerprint density at radius 1 is 1.26 bits per heavy atom. The third-order valence-corrected chi connectivity index (χ3v) is 4.65. The molecule has 1 N–H and O–H groups in total. The third-order valence-electron chi connectivity index (χ3n) is 4.65. The van der Waals surface area contributed by atoms with E-state index in [0.717, 1.165) is 24.9 Å². The molecule has 19 heavy (non-hydrogen) atoms. The number of rotatable bonds is 6. The number of amides is 1. The first-order valence-electron chi connectivity index (χ1n) is 8.00. The van der Waals surface area contributed by atoms with Gasteiger partial charge in [0.05, 0.1) is 6.54 Å². The van der Waals surface area contributed by atoms with Crippen LogP contribution in [-0.4, -0.2) is 36.5 Å². The molecule has 0 radical (unpaired) electrons. The zero-order valence-electron chi connectivity index (χ0n) is 13.4. The number of likely N-dealkylation sites (N-methyl/N-ethyl adjacent to an activating group) is 1. The van der Waals surface area contributed by atoms with Gasteiger partial charge in [-0.25, -0.2) is 0 Å². The van der Waals surface area contributed by atoms with Gasteiger partial charge < -0.3 is 10.2 Å². The Labute approximate surface area is 119 Å². The van der Waals surface area contributed by atoms with E-state index in [4.69, 9.17) is 0 Å². The van der Waals surface area contributed by atoms with Gasteiger partial charge in [0, 0.05) is 19.1 Å². The van der Waals surface area contributed by atoms with E-state index in [1.165, 1.54) is 19.3 Å². The highest BCUT2D eigenvalue weighted by molar-refractivity contribution is 5.78. The Hall–Kier alpha value is -0.570. The predicted molar refractivity (Wildman–Crippen MR) is 81.1 cm³/mol. The van der Waals surface area contributed by atoms with Crippen LogP contribution < -0.4 is 5.32 Å². The molecule has 112 valence electrons. The fraction of sp³-hybridized carbons (Fsp3) is 0.938. The van der Waals surface area contributed by atoms with Crippen molar-refractivity contribution in [2.45, 2.75) is 59.9 Å². The molecule has 1 saturated carbocycles. The molecule has 1 amide bonds. The summed E-state index contributed by atoms with van der Waals surface area (Å²) in [5, 5.41) is 3.54. The molecule has 1 fully saturated rings. The molecule has 0 heterocycles. The predicted octanol–water partition coefficient (Wildman–Crippen LogP) is 2.91. The van der Waals surface area contributed by atoms with Crippen molar-refractivity contribution in [3.8, 4) is 0 Å². The summed E-state index contributed by atoms with van der Waals surface area (Å²) in [5.74, 6) is 2.45.